The minimum absolute atomic E-state index is 0.0569. The molecular weight excluding hydrogens is 442 g/mol. The molecule has 4 rings (SSSR count). The molecule has 1 amide bonds. The first-order chi connectivity index (χ1) is 15.4. The molecular formula is C25H43NO6S. The van der Waals surface area contributed by atoms with Crippen LogP contribution in [0.4, 0.5) is 0 Å². The molecule has 0 aliphatic heterocycles. The molecule has 9 atom stereocenters. The lowest BCUT2D eigenvalue weighted by Crippen LogP contribution is -2.58. The zero-order valence-corrected chi connectivity index (χ0v) is 21.0. The molecule has 0 aromatic heterocycles. The van der Waals surface area contributed by atoms with Crippen molar-refractivity contribution < 1.29 is 28.0 Å². The SMILES string of the molecule is C[C@]12CC[C@H]3[C@@H]([C@@H](O)CC4C[C@H](O)CC[C@@]43C)[C@@H]1CC[C@@H]2CCCC(=O)NCCS(=O)(=O)O. The summed E-state index contributed by atoms with van der Waals surface area (Å²) in [6.45, 7) is 4.80. The lowest BCUT2D eigenvalue weighted by atomic mass is 9.44. The smallest absolute Gasteiger partial charge is 0.266 e. The molecule has 33 heavy (non-hydrogen) atoms. The number of nitrogens with one attached hydrogen (secondary N) is 1. The van der Waals surface area contributed by atoms with Gasteiger partial charge in [0, 0.05) is 13.0 Å². The minimum atomic E-state index is -4.05. The van der Waals surface area contributed by atoms with Crippen LogP contribution in [0.5, 0.6) is 0 Å². The number of carbonyl (C=O) groups excluding carboxylic acids is 1. The number of hydrogen-bond acceptors (Lipinski definition) is 5. The summed E-state index contributed by atoms with van der Waals surface area (Å²) < 4.78 is 30.3. The maximum atomic E-state index is 12.1. The average Bonchev–Trinajstić information content (AvgIpc) is 3.05. The van der Waals surface area contributed by atoms with E-state index in [9.17, 15) is 23.4 Å². The normalized spacial score (nSPS) is 45.1. The third-order valence-corrected chi connectivity index (χ3v) is 11.2. The first kappa shape index (κ1) is 25.4. The second kappa shape index (κ2) is 9.40. The van der Waals surface area contributed by atoms with Gasteiger partial charge in [-0.25, -0.2) is 0 Å². The van der Waals surface area contributed by atoms with Crippen LogP contribution in [0.1, 0.15) is 84.5 Å². The topological polar surface area (TPSA) is 124 Å². The summed E-state index contributed by atoms with van der Waals surface area (Å²) in [7, 11) is -4.05. The molecule has 4 N–H and O–H groups in total. The van der Waals surface area contributed by atoms with Gasteiger partial charge in [-0.1, -0.05) is 13.8 Å². The molecule has 0 aromatic rings. The Morgan fingerprint density at radius 2 is 1.70 bits per heavy atom. The van der Waals surface area contributed by atoms with Gasteiger partial charge in [0.2, 0.25) is 5.91 Å². The lowest BCUT2D eigenvalue weighted by molar-refractivity contribution is -0.172. The van der Waals surface area contributed by atoms with E-state index in [2.05, 4.69) is 19.2 Å². The van der Waals surface area contributed by atoms with Crippen molar-refractivity contribution in [3.8, 4) is 0 Å². The van der Waals surface area contributed by atoms with E-state index < -0.39 is 15.9 Å². The van der Waals surface area contributed by atoms with Crippen LogP contribution in [0, 0.1) is 40.4 Å². The highest BCUT2D eigenvalue weighted by atomic mass is 32.2. The van der Waals surface area contributed by atoms with Gasteiger partial charge in [-0.2, -0.15) is 8.42 Å². The average molecular weight is 486 g/mol. The van der Waals surface area contributed by atoms with Crippen LogP contribution < -0.4 is 5.32 Å². The second-order valence-corrected chi connectivity index (χ2v) is 13.6. The van der Waals surface area contributed by atoms with Crippen molar-refractivity contribution in [1.29, 1.82) is 0 Å². The van der Waals surface area contributed by atoms with E-state index in [4.69, 9.17) is 4.55 Å². The van der Waals surface area contributed by atoms with Gasteiger partial charge in [0.05, 0.1) is 18.0 Å². The van der Waals surface area contributed by atoms with E-state index in [1.54, 1.807) is 0 Å². The number of amides is 1. The van der Waals surface area contributed by atoms with Gasteiger partial charge in [-0.15, -0.1) is 0 Å². The number of aliphatic hydroxyl groups is 2. The lowest BCUT2D eigenvalue weighted by Gasteiger charge is -2.62. The number of rotatable bonds is 7. The van der Waals surface area contributed by atoms with E-state index in [0.29, 0.717) is 36.0 Å². The molecule has 190 valence electrons. The highest BCUT2D eigenvalue weighted by molar-refractivity contribution is 7.85. The van der Waals surface area contributed by atoms with E-state index in [1.165, 1.54) is 6.42 Å². The van der Waals surface area contributed by atoms with Crippen molar-refractivity contribution in [2.75, 3.05) is 12.3 Å². The summed E-state index contributed by atoms with van der Waals surface area (Å²) in [6.07, 6.45) is 9.95. The Balaban J connectivity index is 1.34. The maximum Gasteiger partial charge on any atom is 0.266 e. The number of fused-ring (bicyclic) bond motifs is 5. The van der Waals surface area contributed by atoms with Gasteiger partial charge in [0.1, 0.15) is 0 Å². The quantitative estimate of drug-likeness (QED) is 0.411. The van der Waals surface area contributed by atoms with E-state index in [1.807, 2.05) is 0 Å². The second-order valence-electron chi connectivity index (χ2n) is 12.1. The van der Waals surface area contributed by atoms with Crippen molar-refractivity contribution >= 4 is 16.0 Å². The molecule has 0 spiro atoms. The molecule has 4 aliphatic rings. The largest absolute Gasteiger partial charge is 0.393 e. The summed E-state index contributed by atoms with van der Waals surface area (Å²) in [5, 5.41) is 24.1. The van der Waals surface area contributed by atoms with Crippen LogP contribution in [0.25, 0.3) is 0 Å². The van der Waals surface area contributed by atoms with Crippen LogP contribution >= 0.6 is 0 Å². The van der Waals surface area contributed by atoms with Gasteiger partial charge >= 0.3 is 0 Å². The molecule has 0 saturated heterocycles. The molecule has 7 nitrogen and oxygen atoms in total. The molecule has 1 unspecified atom stereocenters. The van der Waals surface area contributed by atoms with Gasteiger partial charge < -0.3 is 15.5 Å². The third-order valence-electron chi connectivity index (χ3n) is 10.5. The zero-order chi connectivity index (χ0) is 24.0. The maximum absolute atomic E-state index is 12.1. The number of aliphatic hydroxyl groups excluding tert-OH is 2. The third kappa shape index (κ3) is 5.00. The fourth-order valence-corrected chi connectivity index (χ4v) is 9.06. The Labute approximate surface area is 198 Å². The van der Waals surface area contributed by atoms with Crippen LogP contribution in [0.2, 0.25) is 0 Å². The molecule has 0 heterocycles. The van der Waals surface area contributed by atoms with Crippen LogP contribution in [0.15, 0.2) is 0 Å². The Hall–Kier alpha value is -0.700. The van der Waals surface area contributed by atoms with Gasteiger partial charge in [-0.3, -0.25) is 9.35 Å². The minimum Gasteiger partial charge on any atom is -0.393 e. The number of hydrogen-bond donors (Lipinski definition) is 4. The van der Waals surface area contributed by atoms with E-state index in [-0.39, 0.29) is 35.5 Å². The molecule has 8 heteroatoms. The fraction of sp³-hybridized carbons (Fsp3) is 0.960. The number of carbonyl (C=O) groups is 1. The van der Waals surface area contributed by atoms with Crippen molar-refractivity contribution in [2.45, 2.75) is 96.7 Å². The van der Waals surface area contributed by atoms with Gasteiger partial charge in [-0.05, 0) is 105 Å². The highest BCUT2D eigenvalue weighted by Crippen LogP contribution is 2.67. The Morgan fingerprint density at radius 1 is 1.00 bits per heavy atom. The predicted octanol–water partition coefficient (Wildman–Crippen LogP) is 3.15. The van der Waals surface area contributed by atoms with Crippen LogP contribution in [-0.4, -0.2) is 53.6 Å². The summed E-state index contributed by atoms with van der Waals surface area (Å²) in [5.41, 5.74) is 0.448. The summed E-state index contributed by atoms with van der Waals surface area (Å²) in [5.74, 6) is 1.80. The molecule has 0 bridgehead atoms. The fourth-order valence-electron chi connectivity index (χ4n) is 8.70. The highest BCUT2D eigenvalue weighted by Gasteiger charge is 2.62. The Bertz CT molecular complexity index is 833. The molecule has 4 fully saturated rings. The standard InChI is InChI=1S/C25H43NO6S/c1-24-11-9-20-23(21(28)15-17-14-18(27)8-10-25(17,20)2)19(24)7-6-16(24)4-3-5-22(29)26-12-13-33(30,31)32/h16-21,23,27-28H,3-15H2,1-2H3,(H,26,29)(H,30,31,32)/t16-,17?,18+,19-,20-,21-,23-,24+,25-/m0/s1. The first-order valence-electron chi connectivity index (χ1n) is 13.0. The zero-order valence-electron chi connectivity index (χ0n) is 20.2. The summed E-state index contributed by atoms with van der Waals surface area (Å²) in [6, 6.07) is 0. The van der Waals surface area contributed by atoms with Crippen molar-refractivity contribution in [3.05, 3.63) is 0 Å². The first-order valence-corrected chi connectivity index (χ1v) is 14.6. The summed E-state index contributed by atoms with van der Waals surface area (Å²) >= 11 is 0. The molecule has 4 saturated carbocycles. The van der Waals surface area contributed by atoms with Crippen LogP contribution in [-0.2, 0) is 14.9 Å². The van der Waals surface area contributed by atoms with Gasteiger partial charge in [0.15, 0.2) is 0 Å². The van der Waals surface area contributed by atoms with Crippen molar-refractivity contribution in [1.82, 2.24) is 5.32 Å². The molecule has 4 aliphatic carbocycles. The Kier molecular flexibility index (Phi) is 7.23. The Morgan fingerprint density at radius 3 is 2.42 bits per heavy atom. The monoisotopic (exact) mass is 485 g/mol. The molecule has 0 radical (unpaired) electrons. The summed E-state index contributed by atoms with van der Waals surface area (Å²) in [4.78, 5) is 12.1. The predicted molar refractivity (Wildman–Crippen MR) is 126 cm³/mol. The van der Waals surface area contributed by atoms with E-state index in [0.717, 1.165) is 57.8 Å². The molecule has 0 aromatic carbocycles. The van der Waals surface area contributed by atoms with Crippen molar-refractivity contribution in [2.24, 2.45) is 40.4 Å². The van der Waals surface area contributed by atoms with Gasteiger partial charge in [0.25, 0.3) is 10.1 Å². The van der Waals surface area contributed by atoms with Crippen molar-refractivity contribution in [3.63, 3.8) is 0 Å². The van der Waals surface area contributed by atoms with Crippen LogP contribution in [0.3, 0.4) is 0 Å². The van der Waals surface area contributed by atoms with E-state index >= 15 is 0 Å².